The van der Waals surface area contributed by atoms with E-state index in [9.17, 15) is 0 Å². The van der Waals surface area contributed by atoms with Crippen LogP contribution in [0.25, 0.3) is 0 Å². The Hall–Kier alpha value is -2.00. The molecule has 0 unspecified atom stereocenters. The summed E-state index contributed by atoms with van der Waals surface area (Å²) in [6.45, 7) is 5.28. The van der Waals surface area contributed by atoms with Crippen LogP contribution in [0.4, 0.5) is 0 Å². The van der Waals surface area contributed by atoms with Gasteiger partial charge in [0.2, 0.25) is 0 Å². The largest absolute Gasteiger partial charge is 0.490 e. The SMILES string of the molecule is Cc1cccc(CNCc2ccc3c(c2)OCCCO3)c1. The van der Waals surface area contributed by atoms with Crippen LogP contribution in [-0.2, 0) is 13.1 Å². The number of nitrogens with one attached hydrogen (secondary N) is 1. The summed E-state index contributed by atoms with van der Waals surface area (Å²) in [4.78, 5) is 0. The van der Waals surface area contributed by atoms with Gasteiger partial charge < -0.3 is 14.8 Å². The predicted molar refractivity (Wildman–Crippen MR) is 83.8 cm³/mol. The highest BCUT2D eigenvalue weighted by atomic mass is 16.5. The lowest BCUT2D eigenvalue weighted by Crippen LogP contribution is -2.12. The third-order valence-electron chi connectivity index (χ3n) is 3.55. The summed E-state index contributed by atoms with van der Waals surface area (Å²) in [6.07, 6.45) is 0.940. The normalized spacial score (nSPS) is 13.8. The zero-order valence-corrected chi connectivity index (χ0v) is 12.4. The van der Waals surface area contributed by atoms with E-state index >= 15 is 0 Å². The molecule has 0 spiro atoms. The first-order valence-corrected chi connectivity index (χ1v) is 7.46. The average Bonchev–Trinajstić information content (AvgIpc) is 2.72. The van der Waals surface area contributed by atoms with Gasteiger partial charge in [0.1, 0.15) is 0 Å². The molecule has 1 aliphatic rings. The molecular weight excluding hydrogens is 262 g/mol. The molecule has 0 saturated heterocycles. The Kier molecular flexibility index (Phi) is 4.41. The minimum absolute atomic E-state index is 0.729. The smallest absolute Gasteiger partial charge is 0.161 e. The van der Waals surface area contributed by atoms with Gasteiger partial charge in [-0.25, -0.2) is 0 Å². The maximum atomic E-state index is 5.72. The Balaban J connectivity index is 1.59. The Morgan fingerprint density at radius 1 is 0.905 bits per heavy atom. The van der Waals surface area contributed by atoms with Gasteiger partial charge in [0, 0.05) is 19.5 Å². The van der Waals surface area contributed by atoms with Crippen molar-refractivity contribution >= 4 is 0 Å². The molecule has 0 bridgehead atoms. The van der Waals surface area contributed by atoms with E-state index in [0.717, 1.165) is 44.2 Å². The first-order chi connectivity index (χ1) is 10.3. The number of hydrogen-bond donors (Lipinski definition) is 1. The quantitative estimate of drug-likeness (QED) is 0.932. The van der Waals surface area contributed by atoms with Crippen molar-refractivity contribution < 1.29 is 9.47 Å². The number of aryl methyl sites for hydroxylation is 1. The third kappa shape index (κ3) is 3.76. The summed E-state index contributed by atoms with van der Waals surface area (Å²) >= 11 is 0. The van der Waals surface area contributed by atoms with Crippen LogP contribution in [-0.4, -0.2) is 13.2 Å². The third-order valence-corrected chi connectivity index (χ3v) is 3.55. The predicted octanol–water partition coefficient (Wildman–Crippen LogP) is 3.45. The van der Waals surface area contributed by atoms with Crippen LogP contribution in [0.1, 0.15) is 23.1 Å². The van der Waals surface area contributed by atoms with E-state index in [1.165, 1.54) is 16.7 Å². The van der Waals surface area contributed by atoms with Crippen molar-refractivity contribution in [3.63, 3.8) is 0 Å². The molecule has 1 heterocycles. The van der Waals surface area contributed by atoms with Gasteiger partial charge in [0.15, 0.2) is 11.5 Å². The minimum Gasteiger partial charge on any atom is -0.490 e. The molecule has 3 nitrogen and oxygen atoms in total. The summed E-state index contributed by atoms with van der Waals surface area (Å²) in [6, 6.07) is 14.7. The van der Waals surface area contributed by atoms with E-state index in [-0.39, 0.29) is 0 Å². The molecule has 3 heteroatoms. The molecule has 0 saturated carbocycles. The van der Waals surface area contributed by atoms with Crippen LogP contribution < -0.4 is 14.8 Å². The molecule has 0 atom stereocenters. The Morgan fingerprint density at radius 3 is 2.48 bits per heavy atom. The van der Waals surface area contributed by atoms with Gasteiger partial charge in [-0.3, -0.25) is 0 Å². The second kappa shape index (κ2) is 6.64. The van der Waals surface area contributed by atoms with Gasteiger partial charge in [-0.15, -0.1) is 0 Å². The molecule has 0 amide bonds. The van der Waals surface area contributed by atoms with Crippen LogP contribution in [0, 0.1) is 6.92 Å². The molecule has 2 aromatic rings. The topological polar surface area (TPSA) is 30.5 Å². The van der Waals surface area contributed by atoms with Gasteiger partial charge in [0.05, 0.1) is 13.2 Å². The van der Waals surface area contributed by atoms with Crippen molar-refractivity contribution in [3.05, 3.63) is 59.2 Å². The highest BCUT2D eigenvalue weighted by molar-refractivity contribution is 5.43. The molecule has 3 rings (SSSR count). The van der Waals surface area contributed by atoms with E-state index in [2.05, 4.69) is 48.6 Å². The van der Waals surface area contributed by atoms with Gasteiger partial charge in [0.25, 0.3) is 0 Å². The number of hydrogen-bond acceptors (Lipinski definition) is 3. The zero-order valence-electron chi connectivity index (χ0n) is 12.4. The Labute approximate surface area is 125 Å². The van der Waals surface area contributed by atoms with Crippen LogP contribution in [0.5, 0.6) is 11.5 Å². The fourth-order valence-corrected chi connectivity index (χ4v) is 2.49. The van der Waals surface area contributed by atoms with E-state index in [1.807, 2.05) is 6.07 Å². The van der Waals surface area contributed by atoms with Crippen molar-refractivity contribution in [2.75, 3.05) is 13.2 Å². The van der Waals surface area contributed by atoms with Gasteiger partial charge in [-0.05, 0) is 30.2 Å². The lowest BCUT2D eigenvalue weighted by atomic mass is 10.1. The van der Waals surface area contributed by atoms with Crippen LogP contribution in [0.15, 0.2) is 42.5 Å². The fourth-order valence-electron chi connectivity index (χ4n) is 2.49. The molecule has 0 fully saturated rings. The summed E-state index contributed by atoms with van der Waals surface area (Å²) in [5.74, 6) is 1.72. The van der Waals surface area contributed by atoms with Crippen molar-refractivity contribution in [2.24, 2.45) is 0 Å². The van der Waals surface area contributed by atoms with E-state index in [1.54, 1.807) is 0 Å². The molecule has 21 heavy (non-hydrogen) atoms. The lowest BCUT2D eigenvalue weighted by molar-refractivity contribution is 0.297. The summed E-state index contributed by atoms with van der Waals surface area (Å²) in [5.41, 5.74) is 3.82. The number of fused-ring (bicyclic) bond motifs is 1. The molecule has 2 aromatic carbocycles. The van der Waals surface area contributed by atoms with Crippen molar-refractivity contribution in [3.8, 4) is 11.5 Å². The van der Waals surface area contributed by atoms with E-state index in [0.29, 0.717) is 0 Å². The molecule has 110 valence electrons. The van der Waals surface area contributed by atoms with E-state index < -0.39 is 0 Å². The minimum atomic E-state index is 0.729. The van der Waals surface area contributed by atoms with Gasteiger partial charge in [-0.1, -0.05) is 35.9 Å². The van der Waals surface area contributed by atoms with Crippen molar-refractivity contribution in [2.45, 2.75) is 26.4 Å². The summed E-state index contributed by atoms with van der Waals surface area (Å²) in [7, 11) is 0. The highest BCUT2D eigenvalue weighted by Crippen LogP contribution is 2.30. The van der Waals surface area contributed by atoms with E-state index in [4.69, 9.17) is 9.47 Å². The van der Waals surface area contributed by atoms with Crippen LogP contribution in [0.3, 0.4) is 0 Å². The molecule has 0 radical (unpaired) electrons. The second-order valence-electron chi connectivity index (χ2n) is 5.42. The molecule has 1 N–H and O–H groups in total. The standard InChI is InChI=1S/C18H21NO2/c1-14-4-2-5-15(10-14)12-19-13-16-6-7-17-18(11-16)21-9-3-8-20-17/h2,4-7,10-11,19H,3,8-9,12-13H2,1H3. The zero-order chi connectivity index (χ0) is 14.5. The fraction of sp³-hybridized carbons (Fsp3) is 0.333. The molecule has 0 aromatic heterocycles. The maximum Gasteiger partial charge on any atom is 0.161 e. The van der Waals surface area contributed by atoms with Gasteiger partial charge in [-0.2, -0.15) is 0 Å². The summed E-state index contributed by atoms with van der Waals surface area (Å²) in [5, 5.41) is 3.47. The monoisotopic (exact) mass is 283 g/mol. The maximum absolute atomic E-state index is 5.72. The number of rotatable bonds is 4. The lowest BCUT2D eigenvalue weighted by Gasteiger charge is -2.10. The highest BCUT2D eigenvalue weighted by Gasteiger charge is 2.10. The van der Waals surface area contributed by atoms with Crippen LogP contribution >= 0.6 is 0 Å². The van der Waals surface area contributed by atoms with Crippen molar-refractivity contribution in [1.29, 1.82) is 0 Å². The first kappa shape index (κ1) is 14.0. The van der Waals surface area contributed by atoms with Gasteiger partial charge >= 0.3 is 0 Å². The second-order valence-corrected chi connectivity index (χ2v) is 5.42. The van der Waals surface area contributed by atoms with Crippen LogP contribution in [0.2, 0.25) is 0 Å². The summed E-state index contributed by atoms with van der Waals surface area (Å²) < 4.78 is 11.4. The number of benzene rings is 2. The molecular formula is C18H21NO2. The Morgan fingerprint density at radius 2 is 1.67 bits per heavy atom. The average molecular weight is 283 g/mol. The number of ether oxygens (including phenoxy) is 2. The first-order valence-electron chi connectivity index (χ1n) is 7.46. The molecule has 0 aliphatic carbocycles. The molecule has 1 aliphatic heterocycles. The Bertz CT molecular complexity index is 610. The van der Waals surface area contributed by atoms with Crippen molar-refractivity contribution in [1.82, 2.24) is 5.32 Å².